The van der Waals surface area contributed by atoms with Gasteiger partial charge < -0.3 is 14.6 Å². The van der Waals surface area contributed by atoms with Crippen molar-refractivity contribution in [1.29, 1.82) is 0 Å². The fourth-order valence-corrected chi connectivity index (χ4v) is 3.41. The van der Waals surface area contributed by atoms with Crippen molar-refractivity contribution in [2.24, 2.45) is 11.8 Å². The Kier molecular flexibility index (Phi) is 3.85. The zero-order valence-electron chi connectivity index (χ0n) is 12.2. The summed E-state index contributed by atoms with van der Waals surface area (Å²) in [4.78, 5) is 2.37. The van der Waals surface area contributed by atoms with E-state index in [0.29, 0.717) is 18.4 Å². The van der Waals surface area contributed by atoms with Crippen LogP contribution in [0.5, 0.6) is 11.5 Å². The standard InChI is InChI=1S/C16H23NO3/c1-11-5-12(2)8-17(7-11)9-14(18)13-3-4-15-16(6-13)20-10-19-15/h3-4,6,11-12,14,18H,5,7-10H2,1-2H3. The number of likely N-dealkylation sites (tertiary alicyclic amines) is 1. The van der Waals surface area contributed by atoms with E-state index >= 15 is 0 Å². The number of hydrogen-bond acceptors (Lipinski definition) is 4. The second kappa shape index (κ2) is 5.62. The molecule has 20 heavy (non-hydrogen) atoms. The summed E-state index contributed by atoms with van der Waals surface area (Å²) >= 11 is 0. The number of nitrogens with zero attached hydrogens (tertiary/aromatic N) is 1. The summed E-state index contributed by atoms with van der Waals surface area (Å²) in [7, 11) is 0. The third kappa shape index (κ3) is 2.91. The molecule has 0 aliphatic carbocycles. The number of fused-ring (bicyclic) bond motifs is 1. The molecule has 1 aromatic rings. The maximum absolute atomic E-state index is 10.4. The molecule has 2 heterocycles. The summed E-state index contributed by atoms with van der Waals surface area (Å²) in [6, 6.07) is 5.70. The van der Waals surface area contributed by atoms with Gasteiger partial charge in [0.2, 0.25) is 6.79 Å². The molecule has 1 N–H and O–H groups in total. The summed E-state index contributed by atoms with van der Waals surface area (Å²) < 4.78 is 10.7. The first-order chi connectivity index (χ1) is 9.61. The lowest BCUT2D eigenvalue weighted by Crippen LogP contribution is -2.40. The molecule has 0 aromatic heterocycles. The molecule has 0 spiro atoms. The summed E-state index contributed by atoms with van der Waals surface area (Å²) in [5.74, 6) is 2.92. The smallest absolute Gasteiger partial charge is 0.231 e. The molecule has 3 unspecified atom stereocenters. The Morgan fingerprint density at radius 3 is 2.65 bits per heavy atom. The lowest BCUT2D eigenvalue weighted by Gasteiger charge is -2.36. The van der Waals surface area contributed by atoms with E-state index in [2.05, 4.69) is 18.7 Å². The minimum atomic E-state index is -0.470. The molecule has 0 amide bonds. The predicted molar refractivity (Wildman–Crippen MR) is 76.9 cm³/mol. The van der Waals surface area contributed by atoms with E-state index < -0.39 is 6.10 Å². The van der Waals surface area contributed by atoms with Crippen molar-refractivity contribution >= 4 is 0 Å². The van der Waals surface area contributed by atoms with Gasteiger partial charge in [0.1, 0.15) is 0 Å². The van der Waals surface area contributed by atoms with E-state index in [0.717, 1.165) is 30.2 Å². The lowest BCUT2D eigenvalue weighted by molar-refractivity contribution is 0.0698. The maximum Gasteiger partial charge on any atom is 0.231 e. The van der Waals surface area contributed by atoms with Gasteiger partial charge in [-0.05, 0) is 36.0 Å². The van der Waals surface area contributed by atoms with Crippen LogP contribution in [0.15, 0.2) is 18.2 Å². The predicted octanol–water partition coefficient (Wildman–Crippen LogP) is 2.43. The normalized spacial score (nSPS) is 27.6. The fraction of sp³-hybridized carbons (Fsp3) is 0.625. The van der Waals surface area contributed by atoms with E-state index in [1.165, 1.54) is 6.42 Å². The van der Waals surface area contributed by atoms with E-state index in [-0.39, 0.29) is 6.79 Å². The van der Waals surface area contributed by atoms with Gasteiger partial charge in [-0.1, -0.05) is 19.9 Å². The second-order valence-electron chi connectivity index (χ2n) is 6.29. The van der Waals surface area contributed by atoms with Gasteiger partial charge in [-0.25, -0.2) is 0 Å². The average molecular weight is 277 g/mol. The summed E-state index contributed by atoms with van der Waals surface area (Å²) in [5, 5.41) is 10.4. The SMILES string of the molecule is CC1CC(C)CN(CC(O)c2ccc3c(c2)OCO3)C1. The zero-order chi connectivity index (χ0) is 14.1. The van der Waals surface area contributed by atoms with E-state index in [4.69, 9.17) is 9.47 Å². The molecule has 0 saturated carbocycles. The number of ether oxygens (including phenoxy) is 2. The third-order valence-electron chi connectivity index (χ3n) is 4.16. The van der Waals surface area contributed by atoms with Gasteiger partial charge in [0.05, 0.1) is 6.10 Å². The Labute approximate surface area is 120 Å². The Balaban J connectivity index is 1.65. The third-order valence-corrected chi connectivity index (χ3v) is 4.16. The van der Waals surface area contributed by atoms with Gasteiger partial charge >= 0.3 is 0 Å². The van der Waals surface area contributed by atoms with Crippen LogP contribution in [-0.2, 0) is 0 Å². The Morgan fingerprint density at radius 1 is 1.20 bits per heavy atom. The van der Waals surface area contributed by atoms with Gasteiger partial charge in [0.15, 0.2) is 11.5 Å². The molecule has 1 aromatic carbocycles. The van der Waals surface area contributed by atoms with Crippen molar-refractivity contribution in [2.45, 2.75) is 26.4 Å². The molecule has 2 aliphatic heterocycles. The maximum atomic E-state index is 10.4. The summed E-state index contributed by atoms with van der Waals surface area (Å²) in [6.45, 7) is 7.69. The molecule has 4 heteroatoms. The van der Waals surface area contributed by atoms with E-state index in [9.17, 15) is 5.11 Å². The molecule has 3 rings (SSSR count). The van der Waals surface area contributed by atoms with Crippen LogP contribution in [0.3, 0.4) is 0 Å². The fourth-order valence-electron chi connectivity index (χ4n) is 3.41. The summed E-state index contributed by atoms with van der Waals surface area (Å²) in [6.07, 6.45) is 0.818. The highest BCUT2D eigenvalue weighted by Crippen LogP contribution is 2.34. The molecular weight excluding hydrogens is 254 g/mol. The lowest BCUT2D eigenvalue weighted by atomic mass is 9.91. The number of β-amino-alcohol motifs (C(OH)–C–C–N with tert-alkyl or cyclic N) is 1. The molecule has 3 atom stereocenters. The second-order valence-corrected chi connectivity index (χ2v) is 6.29. The van der Waals surface area contributed by atoms with Crippen LogP contribution in [0, 0.1) is 11.8 Å². The Bertz CT molecular complexity index is 467. The number of aliphatic hydroxyl groups is 1. The van der Waals surface area contributed by atoms with Crippen molar-refractivity contribution in [1.82, 2.24) is 4.90 Å². The highest BCUT2D eigenvalue weighted by atomic mass is 16.7. The summed E-state index contributed by atoms with van der Waals surface area (Å²) in [5.41, 5.74) is 0.903. The minimum absolute atomic E-state index is 0.274. The first-order valence-electron chi connectivity index (χ1n) is 7.42. The highest BCUT2D eigenvalue weighted by Gasteiger charge is 2.24. The van der Waals surface area contributed by atoms with Gasteiger partial charge in [-0.2, -0.15) is 0 Å². The van der Waals surface area contributed by atoms with Crippen LogP contribution < -0.4 is 9.47 Å². The van der Waals surface area contributed by atoms with Crippen LogP contribution in [0.1, 0.15) is 31.9 Å². The molecule has 2 aliphatic rings. The Hall–Kier alpha value is -1.26. The molecule has 110 valence electrons. The van der Waals surface area contributed by atoms with Crippen LogP contribution in [0.25, 0.3) is 0 Å². The number of aliphatic hydroxyl groups excluding tert-OH is 1. The van der Waals surface area contributed by atoms with E-state index in [1.807, 2.05) is 18.2 Å². The monoisotopic (exact) mass is 277 g/mol. The molecule has 0 bridgehead atoms. The van der Waals surface area contributed by atoms with Crippen LogP contribution in [-0.4, -0.2) is 36.4 Å². The molecule has 1 fully saturated rings. The van der Waals surface area contributed by atoms with Crippen molar-refractivity contribution in [2.75, 3.05) is 26.4 Å². The van der Waals surface area contributed by atoms with Gasteiger partial charge in [-0.3, -0.25) is 4.90 Å². The van der Waals surface area contributed by atoms with Crippen LogP contribution in [0.2, 0.25) is 0 Å². The zero-order valence-corrected chi connectivity index (χ0v) is 12.2. The topological polar surface area (TPSA) is 41.9 Å². The number of hydrogen-bond donors (Lipinski definition) is 1. The van der Waals surface area contributed by atoms with E-state index in [1.54, 1.807) is 0 Å². The highest BCUT2D eigenvalue weighted by molar-refractivity contribution is 5.45. The van der Waals surface area contributed by atoms with Crippen LogP contribution >= 0.6 is 0 Å². The first-order valence-corrected chi connectivity index (χ1v) is 7.42. The van der Waals surface area contributed by atoms with Crippen molar-refractivity contribution in [3.63, 3.8) is 0 Å². The quantitative estimate of drug-likeness (QED) is 0.921. The molecule has 1 saturated heterocycles. The van der Waals surface area contributed by atoms with Gasteiger partial charge in [0, 0.05) is 19.6 Å². The van der Waals surface area contributed by atoms with Crippen molar-refractivity contribution in [3.05, 3.63) is 23.8 Å². The molecule has 0 radical (unpaired) electrons. The molecule has 4 nitrogen and oxygen atoms in total. The number of rotatable bonds is 3. The number of piperidine rings is 1. The van der Waals surface area contributed by atoms with Gasteiger partial charge in [-0.15, -0.1) is 0 Å². The molecular formula is C16H23NO3. The van der Waals surface area contributed by atoms with Crippen LogP contribution in [0.4, 0.5) is 0 Å². The Morgan fingerprint density at radius 2 is 1.90 bits per heavy atom. The van der Waals surface area contributed by atoms with Crippen molar-refractivity contribution in [3.8, 4) is 11.5 Å². The average Bonchev–Trinajstić information content (AvgIpc) is 2.84. The van der Waals surface area contributed by atoms with Crippen molar-refractivity contribution < 1.29 is 14.6 Å². The number of benzene rings is 1. The first kappa shape index (κ1) is 13.7. The largest absolute Gasteiger partial charge is 0.454 e. The minimum Gasteiger partial charge on any atom is -0.454 e. The van der Waals surface area contributed by atoms with Gasteiger partial charge in [0.25, 0.3) is 0 Å².